The number of hydrogen-bond donors (Lipinski definition) is 1. The van der Waals surface area contributed by atoms with Crippen LogP contribution in [-0.2, 0) is 17.9 Å². The van der Waals surface area contributed by atoms with Crippen LogP contribution in [-0.4, -0.2) is 60.4 Å². The van der Waals surface area contributed by atoms with E-state index in [-0.39, 0.29) is 17.7 Å². The molecule has 1 fully saturated rings. The Morgan fingerprint density at radius 3 is 2.74 bits per heavy atom. The van der Waals surface area contributed by atoms with Crippen LogP contribution in [0.3, 0.4) is 0 Å². The molecule has 2 heterocycles. The number of nitrogens with one attached hydrogen (secondary N) is 1. The van der Waals surface area contributed by atoms with E-state index in [0.29, 0.717) is 37.1 Å². The summed E-state index contributed by atoms with van der Waals surface area (Å²) in [6.07, 6.45) is 4.51. The molecule has 2 amide bonds. The maximum absolute atomic E-state index is 12.9. The number of amides is 2. The van der Waals surface area contributed by atoms with Crippen LogP contribution in [0.4, 0.5) is 0 Å². The summed E-state index contributed by atoms with van der Waals surface area (Å²) < 4.78 is 5.42. The average Bonchev–Trinajstić information content (AvgIpc) is 3.26. The molecule has 1 atom stereocenters. The molecule has 0 spiro atoms. The normalized spacial score (nSPS) is 18.1. The van der Waals surface area contributed by atoms with Gasteiger partial charge in [0, 0.05) is 30.6 Å². The Morgan fingerprint density at radius 1 is 1.41 bits per heavy atom. The van der Waals surface area contributed by atoms with E-state index in [1.807, 2.05) is 36.9 Å². The van der Waals surface area contributed by atoms with E-state index in [0.717, 1.165) is 24.1 Å². The zero-order chi connectivity index (χ0) is 19.6. The van der Waals surface area contributed by atoms with E-state index in [4.69, 9.17) is 4.74 Å². The molecule has 2 aliphatic rings. The van der Waals surface area contributed by atoms with Crippen molar-refractivity contribution in [1.29, 1.82) is 0 Å². The lowest BCUT2D eigenvalue weighted by atomic mass is 10.1. The molecule has 148 valence electrons. The van der Waals surface area contributed by atoms with E-state index < -0.39 is 0 Å². The van der Waals surface area contributed by atoms with Crippen LogP contribution in [0.15, 0.2) is 6.07 Å². The lowest BCUT2D eigenvalue weighted by Crippen LogP contribution is -2.34. The fourth-order valence-electron chi connectivity index (χ4n) is 4.07. The first-order chi connectivity index (χ1) is 12.9. The highest BCUT2D eigenvalue weighted by Crippen LogP contribution is 2.33. The molecule has 1 aliphatic carbocycles. The molecule has 1 saturated carbocycles. The summed E-state index contributed by atoms with van der Waals surface area (Å²) in [4.78, 5) is 33.7. The first kappa shape index (κ1) is 19.6. The fraction of sp³-hybridized carbons (Fsp3) is 0.650. The van der Waals surface area contributed by atoms with Gasteiger partial charge in [-0.2, -0.15) is 0 Å². The highest BCUT2D eigenvalue weighted by atomic mass is 16.5. The number of carbonyl (C=O) groups excluding carboxylic acids is 2. The Kier molecular flexibility index (Phi) is 5.99. The van der Waals surface area contributed by atoms with E-state index in [9.17, 15) is 9.59 Å². The summed E-state index contributed by atoms with van der Waals surface area (Å²) in [6, 6.07) is 2.17. The van der Waals surface area contributed by atoms with Gasteiger partial charge >= 0.3 is 0 Å². The van der Waals surface area contributed by atoms with E-state index in [1.54, 1.807) is 7.11 Å². The molecule has 7 heteroatoms. The minimum atomic E-state index is -0.118. The Labute approximate surface area is 161 Å². The van der Waals surface area contributed by atoms with Gasteiger partial charge < -0.3 is 19.9 Å². The summed E-state index contributed by atoms with van der Waals surface area (Å²) in [5.41, 5.74) is 2.16. The van der Waals surface area contributed by atoms with Crippen molar-refractivity contribution in [3.63, 3.8) is 0 Å². The third kappa shape index (κ3) is 4.24. The monoisotopic (exact) mass is 374 g/mol. The zero-order valence-electron chi connectivity index (χ0n) is 16.7. The largest absolute Gasteiger partial charge is 0.481 e. The Hall–Kier alpha value is -2.15. The number of ether oxygens (including phenoxy) is 1. The molecule has 1 aromatic heterocycles. The number of aromatic nitrogens is 1. The highest BCUT2D eigenvalue weighted by molar-refractivity contribution is 5.98. The van der Waals surface area contributed by atoms with Gasteiger partial charge in [0.15, 0.2) is 0 Å². The second kappa shape index (κ2) is 8.25. The summed E-state index contributed by atoms with van der Waals surface area (Å²) in [7, 11) is 5.46. The summed E-state index contributed by atoms with van der Waals surface area (Å²) in [5.74, 6) is 0.397. The number of methoxy groups -OCH3 is 1. The highest BCUT2D eigenvalue weighted by Gasteiger charge is 2.36. The number of rotatable bonds is 7. The maximum Gasteiger partial charge on any atom is 0.256 e. The molecule has 1 aromatic rings. The van der Waals surface area contributed by atoms with Crippen molar-refractivity contribution in [2.45, 2.75) is 51.7 Å². The molecule has 0 aromatic carbocycles. The lowest BCUT2D eigenvalue weighted by Gasteiger charge is -2.22. The molecule has 0 radical (unpaired) electrons. The Balaban J connectivity index is 1.72. The van der Waals surface area contributed by atoms with Gasteiger partial charge in [0.25, 0.3) is 5.91 Å². The number of pyridine rings is 1. The summed E-state index contributed by atoms with van der Waals surface area (Å²) in [6.45, 7) is 3.44. The van der Waals surface area contributed by atoms with Crippen LogP contribution in [0.5, 0.6) is 5.88 Å². The quantitative estimate of drug-likeness (QED) is 0.788. The number of carbonyl (C=O) groups is 2. The average molecular weight is 374 g/mol. The molecule has 1 aliphatic heterocycles. The van der Waals surface area contributed by atoms with Crippen molar-refractivity contribution in [2.24, 2.45) is 5.92 Å². The molecule has 7 nitrogen and oxygen atoms in total. The van der Waals surface area contributed by atoms with Crippen LogP contribution in [0.2, 0.25) is 0 Å². The van der Waals surface area contributed by atoms with E-state index in [1.165, 1.54) is 12.8 Å². The van der Waals surface area contributed by atoms with Crippen LogP contribution < -0.4 is 10.1 Å². The SMILES string of the molecule is COc1nc2c(cc1CNC(=O)C(C)CN(C)C)C(=O)N(C1CCCC1)C2. The molecule has 0 saturated heterocycles. The van der Waals surface area contributed by atoms with Crippen LogP contribution in [0.25, 0.3) is 0 Å². The van der Waals surface area contributed by atoms with Crippen molar-refractivity contribution in [3.8, 4) is 5.88 Å². The Bertz CT molecular complexity index is 713. The van der Waals surface area contributed by atoms with Gasteiger partial charge in [-0.1, -0.05) is 19.8 Å². The van der Waals surface area contributed by atoms with Gasteiger partial charge in [-0.25, -0.2) is 4.98 Å². The molecule has 3 rings (SSSR count). The smallest absolute Gasteiger partial charge is 0.256 e. The molecule has 1 N–H and O–H groups in total. The second-order valence-corrected chi connectivity index (χ2v) is 7.90. The number of hydrogen-bond acceptors (Lipinski definition) is 5. The number of nitrogens with zero attached hydrogens (tertiary/aromatic N) is 3. The van der Waals surface area contributed by atoms with E-state index >= 15 is 0 Å². The predicted octanol–water partition coefficient (Wildman–Crippen LogP) is 1.80. The summed E-state index contributed by atoms with van der Waals surface area (Å²) in [5, 5.41) is 2.94. The topological polar surface area (TPSA) is 74.8 Å². The van der Waals surface area contributed by atoms with E-state index in [2.05, 4.69) is 10.3 Å². The second-order valence-electron chi connectivity index (χ2n) is 7.90. The fourth-order valence-corrected chi connectivity index (χ4v) is 4.07. The van der Waals surface area contributed by atoms with Crippen LogP contribution >= 0.6 is 0 Å². The van der Waals surface area contributed by atoms with Gasteiger partial charge in [0.05, 0.1) is 24.9 Å². The minimum Gasteiger partial charge on any atom is -0.481 e. The van der Waals surface area contributed by atoms with Gasteiger partial charge in [-0.3, -0.25) is 9.59 Å². The zero-order valence-corrected chi connectivity index (χ0v) is 16.7. The lowest BCUT2D eigenvalue weighted by molar-refractivity contribution is -0.125. The Morgan fingerprint density at radius 2 is 2.11 bits per heavy atom. The molecule has 1 unspecified atom stereocenters. The van der Waals surface area contributed by atoms with Crippen molar-refractivity contribution >= 4 is 11.8 Å². The van der Waals surface area contributed by atoms with Crippen LogP contribution in [0.1, 0.15) is 54.2 Å². The summed E-state index contributed by atoms with van der Waals surface area (Å²) >= 11 is 0. The van der Waals surface area contributed by atoms with Crippen molar-refractivity contribution in [2.75, 3.05) is 27.7 Å². The van der Waals surface area contributed by atoms with Gasteiger partial charge in [0.1, 0.15) is 0 Å². The third-order valence-electron chi connectivity index (χ3n) is 5.45. The van der Waals surface area contributed by atoms with Crippen molar-refractivity contribution in [3.05, 3.63) is 22.9 Å². The van der Waals surface area contributed by atoms with Gasteiger partial charge in [-0.15, -0.1) is 0 Å². The third-order valence-corrected chi connectivity index (χ3v) is 5.45. The molecule has 27 heavy (non-hydrogen) atoms. The maximum atomic E-state index is 12.9. The molecule has 0 bridgehead atoms. The molecular formula is C20H30N4O3. The minimum absolute atomic E-state index is 0.0230. The van der Waals surface area contributed by atoms with Gasteiger partial charge in [-0.05, 0) is 33.0 Å². The molecular weight excluding hydrogens is 344 g/mol. The van der Waals surface area contributed by atoms with Crippen molar-refractivity contribution < 1.29 is 14.3 Å². The van der Waals surface area contributed by atoms with Gasteiger partial charge in [0.2, 0.25) is 11.8 Å². The van der Waals surface area contributed by atoms with Crippen molar-refractivity contribution in [1.82, 2.24) is 20.1 Å². The number of fused-ring (bicyclic) bond motifs is 1. The van der Waals surface area contributed by atoms with Crippen LogP contribution in [0, 0.1) is 5.92 Å². The first-order valence-electron chi connectivity index (χ1n) is 9.71. The predicted molar refractivity (Wildman–Crippen MR) is 102 cm³/mol. The first-order valence-corrected chi connectivity index (χ1v) is 9.71. The standard InChI is InChI=1S/C20H30N4O3/c1-13(11-23(2)3)18(25)21-10-14-9-16-17(22-19(14)27-4)12-24(20(16)26)15-7-5-6-8-15/h9,13,15H,5-8,10-12H2,1-4H3,(H,21,25).